The Hall–Kier alpha value is -0.550. The van der Waals surface area contributed by atoms with E-state index in [9.17, 15) is 5.26 Å². The van der Waals surface area contributed by atoms with Crippen LogP contribution in [0, 0.1) is 29.1 Å². The zero-order chi connectivity index (χ0) is 10.8. The maximum Gasteiger partial charge on any atom is 0.157 e. The van der Waals surface area contributed by atoms with Gasteiger partial charge in [0.25, 0.3) is 0 Å². The summed E-state index contributed by atoms with van der Waals surface area (Å²) in [6.07, 6.45) is 3.25. The SMILES string of the molecule is COC1(C#N)CC(C)CCC1C(C)C. The number of nitriles is 1. The third kappa shape index (κ3) is 1.93. The molecule has 14 heavy (non-hydrogen) atoms. The van der Waals surface area contributed by atoms with Crippen molar-refractivity contribution in [3.05, 3.63) is 0 Å². The summed E-state index contributed by atoms with van der Waals surface area (Å²) in [4.78, 5) is 0. The molecule has 0 saturated heterocycles. The van der Waals surface area contributed by atoms with Gasteiger partial charge in [-0.3, -0.25) is 0 Å². The van der Waals surface area contributed by atoms with E-state index in [1.807, 2.05) is 0 Å². The first-order chi connectivity index (χ1) is 6.55. The van der Waals surface area contributed by atoms with Crippen molar-refractivity contribution in [3.8, 4) is 6.07 Å². The van der Waals surface area contributed by atoms with Crippen LogP contribution in [0.2, 0.25) is 0 Å². The molecule has 1 saturated carbocycles. The standard InChI is InChI=1S/C12H21NO/c1-9(2)11-6-5-10(3)7-12(11,8-13)14-4/h9-11H,5-7H2,1-4H3. The number of nitrogens with zero attached hydrogens (tertiary/aromatic N) is 1. The van der Waals surface area contributed by atoms with Crippen molar-refractivity contribution < 1.29 is 4.74 Å². The van der Waals surface area contributed by atoms with Crippen molar-refractivity contribution in [2.45, 2.75) is 45.6 Å². The van der Waals surface area contributed by atoms with Crippen molar-refractivity contribution in [1.82, 2.24) is 0 Å². The van der Waals surface area contributed by atoms with Gasteiger partial charge in [0.15, 0.2) is 5.60 Å². The minimum atomic E-state index is -0.522. The molecular weight excluding hydrogens is 174 g/mol. The molecular formula is C12H21NO. The van der Waals surface area contributed by atoms with Gasteiger partial charge in [-0.15, -0.1) is 0 Å². The Balaban J connectivity index is 2.88. The fourth-order valence-electron chi connectivity index (χ4n) is 2.75. The van der Waals surface area contributed by atoms with Crippen molar-refractivity contribution in [2.24, 2.45) is 17.8 Å². The van der Waals surface area contributed by atoms with Crippen molar-refractivity contribution in [2.75, 3.05) is 7.11 Å². The summed E-state index contributed by atoms with van der Waals surface area (Å²) in [6, 6.07) is 2.41. The summed E-state index contributed by atoms with van der Waals surface area (Å²) in [7, 11) is 1.68. The number of hydrogen-bond donors (Lipinski definition) is 0. The van der Waals surface area contributed by atoms with Crippen LogP contribution in [-0.4, -0.2) is 12.7 Å². The molecule has 1 aliphatic carbocycles. The van der Waals surface area contributed by atoms with Gasteiger partial charge in [-0.25, -0.2) is 0 Å². The molecule has 1 fully saturated rings. The van der Waals surface area contributed by atoms with E-state index in [0.29, 0.717) is 17.8 Å². The average Bonchev–Trinajstić information content (AvgIpc) is 2.16. The van der Waals surface area contributed by atoms with Gasteiger partial charge >= 0.3 is 0 Å². The van der Waals surface area contributed by atoms with Crippen LogP contribution in [0.1, 0.15) is 40.0 Å². The third-order valence-electron chi connectivity index (χ3n) is 3.58. The highest BCUT2D eigenvalue weighted by atomic mass is 16.5. The lowest BCUT2D eigenvalue weighted by atomic mass is 9.67. The zero-order valence-corrected chi connectivity index (χ0v) is 9.71. The van der Waals surface area contributed by atoms with Crippen LogP contribution in [0.4, 0.5) is 0 Å². The molecule has 0 aromatic carbocycles. The predicted octanol–water partition coefficient (Wildman–Crippen LogP) is 2.99. The Morgan fingerprint density at radius 3 is 2.50 bits per heavy atom. The van der Waals surface area contributed by atoms with Gasteiger partial charge in [0, 0.05) is 13.0 Å². The van der Waals surface area contributed by atoms with E-state index in [2.05, 4.69) is 26.8 Å². The molecule has 0 aliphatic heterocycles. The van der Waals surface area contributed by atoms with E-state index in [1.54, 1.807) is 7.11 Å². The molecule has 0 bridgehead atoms. The first-order valence-electron chi connectivity index (χ1n) is 5.52. The second-order valence-electron chi connectivity index (χ2n) is 4.94. The molecule has 80 valence electrons. The first kappa shape index (κ1) is 11.5. The smallest absolute Gasteiger partial charge is 0.157 e. The molecule has 0 amide bonds. The lowest BCUT2D eigenvalue weighted by Gasteiger charge is -2.42. The zero-order valence-electron chi connectivity index (χ0n) is 9.71. The summed E-state index contributed by atoms with van der Waals surface area (Å²) in [5.74, 6) is 1.54. The Kier molecular flexibility index (Phi) is 3.55. The Labute approximate surface area is 87.3 Å². The molecule has 0 spiro atoms. The molecule has 2 nitrogen and oxygen atoms in total. The van der Waals surface area contributed by atoms with Crippen LogP contribution in [0.5, 0.6) is 0 Å². The molecule has 3 unspecified atom stereocenters. The number of rotatable bonds is 2. The van der Waals surface area contributed by atoms with Gasteiger partial charge in [-0.05, 0) is 24.7 Å². The highest BCUT2D eigenvalue weighted by Gasteiger charge is 2.44. The second-order valence-corrected chi connectivity index (χ2v) is 4.94. The van der Waals surface area contributed by atoms with Gasteiger partial charge in [0.2, 0.25) is 0 Å². The maximum atomic E-state index is 9.30. The van der Waals surface area contributed by atoms with Crippen LogP contribution in [0.15, 0.2) is 0 Å². The second kappa shape index (κ2) is 4.31. The highest BCUT2D eigenvalue weighted by molar-refractivity contribution is 5.09. The molecule has 1 rings (SSSR count). The highest BCUT2D eigenvalue weighted by Crippen LogP contribution is 2.42. The first-order valence-corrected chi connectivity index (χ1v) is 5.52. The summed E-state index contributed by atoms with van der Waals surface area (Å²) < 4.78 is 5.51. The van der Waals surface area contributed by atoms with Gasteiger partial charge in [0.1, 0.15) is 0 Å². The topological polar surface area (TPSA) is 33.0 Å². The van der Waals surface area contributed by atoms with Gasteiger partial charge < -0.3 is 4.74 Å². The van der Waals surface area contributed by atoms with Crippen molar-refractivity contribution in [3.63, 3.8) is 0 Å². The minimum absolute atomic E-state index is 0.397. The molecule has 0 aromatic rings. The Bertz CT molecular complexity index is 231. The van der Waals surface area contributed by atoms with E-state index < -0.39 is 5.60 Å². The quantitative estimate of drug-likeness (QED) is 0.678. The Morgan fingerprint density at radius 1 is 1.43 bits per heavy atom. The lowest BCUT2D eigenvalue weighted by molar-refractivity contribution is -0.0670. The van der Waals surface area contributed by atoms with Crippen LogP contribution in [0.25, 0.3) is 0 Å². The largest absolute Gasteiger partial charge is 0.363 e. The van der Waals surface area contributed by atoms with Crippen LogP contribution < -0.4 is 0 Å². The van der Waals surface area contributed by atoms with Crippen molar-refractivity contribution >= 4 is 0 Å². The Morgan fingerprint density at radius 2 is 2.07 bits per heavy atom. The number of ether oxygens (including phenoxy) is 1. The third-order valence-corrected chi connectivity index (χ3v) is 3.58. The summed E-state index contributed by atoms with van der Waals surface area (Å²) in [6.45, 7) is 6.58. The normalized spacial score (nSPS) is 38.3. The van der Waals surface area contributed by atoms with Crippen molar-refractivity contribution in [1.29, 1.82) is 5.26 Å². The maximum absolute atomic E-state index is 9.30. The molecule has 3 atom stereocenters. The molecule has 0 heterocycles. The summed E-state index contributed by atoms with van der Waals surface area (Å²) in [5, 5.41) is 9.30. The lowest BCUT2D eigenvalue weighted by Crippen LogP contribution is -2.45. The summed E-state index contributed by atoms with van der Waals surface area (Å²) in [5.41, 5.74) is -0.522. The summed E-state index contributed by atoms with van der Waals surface area (Å²) >= 11 is 0. The van der Waals surface area contributed by atoms with E-state index in [0.717, 1.165) is 12.8 Å². The fourth-order valence-corrected chi connectivity index (χ4v) is 2.75. The van der Waals surface area contributed by atoms with Crippen LogP contribution >= 0.6 is 0 Å². The van der Waals surface area contributed by atoms with Gasteiger partial charge in [-0.2, -0.15) is 5.26 Å². The predicted molar refractivity (Wildman–Crippen MR) is 56.7 cm³/mol. The molecule has 0 N–H and O–H groups in total. The van der Waals surface area contributed by atoms with Crippen LogP contribution in [0.3, 0.4) is 0 Å². The van der Waals surface area contributed by atoms with Gasteiger partial charge in [-0.1, -0.05) is 27.2 Å². The minimum Gasteiger partial charge on any atom is -0.363 e. The monoisotopic (exact) mass is 195 g/mol. The number of methoxy groups -OCH3 is 1. The van der Waals surface area contributed by atoms with Gasteiger partial charge in [0.05, 0.1) is 6.07 Å². The fraction of sp³-hybridized carbons (Fsp3) is 0.917. The van der Waals surface area contributed by atoms with E-state index >= 15 is 0 Å². The number of hydrogen-bond acceptors (Lipinski definition) is 2. The van der Waals surface area contributed by atoms with E-state index in [-0.39, 0.29) is 0 Å². The molecule has 2 heteroatoms. The molecule has 0 radical (unpaired) electrons. The van der Waals surface area contributed by atoms with E-state index in [4.69, 9.17) is 4.74 Å². The molecule has 0 aromatic heterocycles. The molecule has 1 aliphatic rings. The van der Waals surface area contributed by atoms with Crippen LogP contribution in [-0.2, 0) is 4.74 Å². The average molecular weight is 195 g/mol. The van der Waals surface area contributed by atoms with E-state index in [1.165, 1.54) is 6.42 Å².